The van der Waals surface area contributed by atoms with E-state index >= 15 is 0 Å². The Morgan fingerprint density at radius 3 is 2.76 bits per heavy atom. The summed E-state index contributed by atoms with van der Waals surface area (Å²) >= 11 is 0. The van der Waals surface area contributed by atoms with Crippen molar-refractivity contribution in [1.82, 2.24) is 0 Å². The average Bonchev–Trinajstić information content (AvgIpc) is 2.37. The van der Waals surface area contributed by atoms with E-state index in [-0.39, 0.29) is 17.4 Å². The van der Waals surface area contributed by atoms with E-state index in [0.29, 0.717) is 6.42 Å². The maximum atomic E-state index is 11.6. The smallest absolute Gasteiger partial charge is 0.306 e. The lowest BCUT2D eigenvalue weighted by molar-refractivity contribution is -0.145. The van der Waals surface area contributed by atoms with Gasteiger partial charge in [-0.25, -0.2) is 0 Å². The van der Waals surface area contributed by atoms with E-state index in [0.717, 1.165) is 25.2 Å². The van der Waals surface area contributed by atoms with Crippen molar-refractivity contribution in [3.05, 3.63) is 0 Å². The fraction of sp³-hybridized carbons (Fsp3) is 0.929. The second-order valence-corrected chi connectivity index (χ2v) is 5.50. The number of ether oxygens (including phenoxy) is 1. The van der Waals surface area contributed by atoms with Crippen LogP contribution in [0.2, 0.25) is 0 Å². The van der Waals surface area contributed by atoms with E-state index in [4.69, 9.17) is 10.5 Å². The summed E-state index contributed by atoms with van der Waals surface area (Å²) in [5.41, 5.74) is 6.28. The van der Waals surface area contributed by atoms with Gasteiger partial charge >= 0.3 is 5.97 Å². The van der Waals surface area contributed by atoms with Crippen molar-refractivity contribution >= 4 is 5.97 Å². The molecular weight excluding hydrogens is 214 g/mol. The van der Waals surface area contributed by atoms with Crippen LogP contribution in [0.5, 0.6) is 0 Å². The molecule has 3 unspecified atom stereocenters. The van der Waals surface area contributed by atoms with E-state index < -0.39 is 0 Å². The van der Waals surface area contributed by atoms with Gasteiger partial charge in [0.25, 0.3) is 0 Å². The lowest BCUT2D eigenvalue weighted by Crippen LogP contribution is -2.46. The minimum atomic E-state index is -0.106. The SMILES string of the molecule is CCC1CCCC(CC(=O)OC)(C(N)CC)C1. The van der Waals surface area contributed by atoms with Crippen molar-refractivity contribution in [2.75, 3.05) is 7.11 Å². The lowest BCUT2D eigenvalue weighted by Gasteiger charge is -2.44. The molecular formula is C14H27NO2. The first-order chi connectivity index (χ1) is 8.07. The number of nitrogens with two attached hydrogens (primary N) is 1. The third-order valence-corrected chi connectivity index (χ3v) is 4.51. The predicted molar refractivity (Wildman–Crippen MR) is 69.6 cm³/mol. The predicted octanol–water partition coefficient (Wildman–Crippen LogP) is 2.87. The molecule has 0 heterocycles. The van der Waals surface area contributed by atoms with Crippen molar-refractivity contribution in [3.8, 4) is 0 Å². The summed E-state index contributed by atoms with van der Waals surface area (Å²) in [6.07, 6.45) is 7.28. The van der Waals surface area contributed by atoms with Crippen LogP contribution in [0.3, 0.4) is 0 Å². The van der Waals surface area contributed by atoms with Gasteiger partial charge in [0.15, 0.2) is 0 Å². The highest BCUT2D eigenvalue weighted by Gasteiger charge is 2.41. The van der Waals surface area contributed by atoms with E-state index in [2.05, 4.69) is 13.8 Å². The Hall–Kier alpha value is -0.570. The highest BCUT2D eigenvalue weighted by atomic mass is 16.5. The third-order valence-electron chi connectivity index (χ3n) is 4.51. The molecule has 0 spiro atoms. The van der Waals surface area contributed by atoms with Gasteiger partial charge in [-0.2, -0.15) is 0 Å². The molecule has 3 atom stereocenters. The summed E-state index contributed by atoms with van der Waals surface area (Å²) in [5, 5.41) is 0. The van der Waals surface area contributed by atoms with Gasteiger partial charge in [-0.15, -0.1) is 0 Å². The van der Waals surface area contributed by atoms with Gasteiger partial charge < -0.3 is 10.5 Å². The molecule has 1 aliphatic carbocycles. The van der Waals surface area contributed by atoms with Gasteiger partial charge in [-0.1, -0.05) is 33.1 Å². The molecule has 0 bridgehead atoms. The first-order valence-electron chi connectivity index (χ1n) is 6.90. The van der Waals surface area contributed by atoms with Crippen LogP contribution < -0.4 is 5.73 Å². The normalized spacial score (nSPS) is 30.9. The molecule has 1 aliphatic rings. The lowest BCUT2D eigenvalue weighted by atomic mass is 9.63. The first-order valence-corrected chi connectivity index (χ1v) is 6.90. The number of methoxy groups -OCH3 is 1. The summed E-state index contributed by atoms with van der Waals surface area (Å²) in [6.45, 7) is 4.34. The zero-order valence-corrected chi connectivity index (χ0v) is 11.5. The minimum absolute atomic E-state index is 0.0131. The summed E-state index contributed by atoms with van der Waals surface area (Å²) < 4.78 is 4.85. The Morgan fingerprint density at radius 1 is 1.53 bits per heavy atom. The topological polar surface area (TPSA) is 52.3 Å². The molecule has 17 heavy (non-hydrogen) atoms. The molecule has 0 aromatic rings. The molecule has 2 N–H and O–H groups in total. The monoisotopic (exact) mass is 241 g/mol. The Kier molecular flexibility index (Phi) is 5.44. The molecule has 1 fully saturated rings. The van der Waals surface area contributed by atoms with Gasteiger partial charge in [-0.05, 0) is 30.6 Å². The minimum Gasteiger partial charge on any atom is -0.469 e. The van der Waals surface area contributed by atoms with Gasteiger partial charge in [0.1, 0.15) is 0 Å². The first kappa shape index (κ1) is 14.5. The van der Waals surface area contributed by atoms with Crippen LogP contribution in [-0.4, -0.2) is 19.1 Å². The zero-order valence-electron chi connectivity index (χ0n) is 11.5. The van der Waals surface area contributed by atoms with Crippen LogP contribution >= 0.6 is 0 Å². The summed E-state index contributed by atoms with van der Waals surface area (Å²) in [6, 6.07) is 0.121. The third kappa shape index (κ3) is 3.44. The largest absolute Gasteiger partial charge is 0.469 e. The molecule has 0 aromatic heterocycles. The van der Waals surface area contributed by atoms with Crippen LogP contribution in [0.1, 0.15) is 58.8 Å². The Balaban J connectivity index is 2.81. The number of hydrogen-bond acceptors (Lipinski definition) is 3. The fourth-order valence-electron chi connectivity index (χ4n) is 3.29. The number of carbonyl (C=O) groups excluding carboxylic acids is 1. The van der Waals surface area contributed by atoms with Crippen molar-refractivity contribution < 1.29 is 9.53 Å². The molecule has 1 saturated carbocycles. The van der Waals surface area contributed by atoms with Crippen LogP contribution in [-0.2, 0) is 9.53 Å². The molecule has 3 nitrogen and oxygen atoms in total. The van der Waals surface area contributed by atoms with Crippen molar-refractivity contribution in [2.45, 2.75) is 64.8 Å². The number of hydrogen-bond donors (Lipinski definition) is 1. The second kappa shape index (κ2) is 6.39. The van der Waals surface area contributed by atoms with Crippen LogP contribution in [0.4, 0.5) is 0 Å². The van der Waals surface area contributed by atoms with Crippen molar-refractivity contribution in [3.63, 3.8) is 0 Å². The van der Waals surface area contributed by atoms with E-state index in [9.17, 15) is 4.79 Å². The van der Waals surface area contributed by atoms with Crippen LogP contribution in [0.15, 0.2) is 0 Å². The Bertz CT molecular complexity index is 255. The van der Waals surface area contributed by atoms with E-state index in [1.165, 1.54) is 26.4 Å². The fourth-order valence-corrected chi connectivity index (χ4v) is 3.29. The van der Waals surface area contributed by atoms with Gasteiger partial charge in [-0.3, -0.25) is 4.79 Å². The van der Waals surface area contributed by atoms with Crippen LogP contribution in [0.25, 0.3) is 0 Å². The maximum absolute atomic E-state index is 11.6. The second-order valence-electron chi connectivity index (χ2n) is 5.50. The molecule has 0 radical (unpaired) electrons. The number of rotatable bonds is 5. The zero-order chi connectivity index (χ0) is 12.9. The molecule has 0 amide bonds. The Morgan fingerprint density at radius 2 is 2.24 bits per heavy atom. The standard InChI is InChI=1S/C14H27NO2/c1-4-11-7-6-8-14(9-11,12(15)5-2)10-13(16)17-3/h11-12H,4-10,15H2,1-3H3. The Labute approximate surface area is 105 Å². The van der Waals surface area contributed by atoms with Gasteiger partial charge in [0, 0.05) is 6.04 Å². The van der Waals surface area contributed by atoms with E-state index in [1.807, 2.05) is 0 Å². The maximum Gasteiger partial charge on any atom is 0.306 e. The number of carbonyl (C=O) groups is 1. The molecule has 0 aromatic carbocycles. The molecule has 0 aliphatic heterocycles. The van der Waals surface area contributed by atoms with Gasteiger partial charge in [0.2, 0.25) is 0 Å². The van der Waals surface area contributed by atoms with E-state index in [1.54, 1.807) is 0 Å². The van der Waals surface area contributed by atoms with Crippen LogP contribution in [0, 0.1) is 11.3 Å². The van der Waals surface area contributed by atoms with Crippen molar-refractivity contribution in [2.24, 2.45) is 17.1 Å². The number of esters is 1. The van der Waals surface area contributed by atoms with Gasteiger partial charge in [0.05, 0.1) is 13.5 Å². The molecule has 0 saturated heterocycles. The summed E-state index contributed by atoms with van der Waals surface area (Å²) in [5.74, 6) is 0.622. The highest BCUT2D eigenvalue weighted by Crippen LogP contribution is 2.46. The molecule has 1 rings (SSSR count). The molecule has 100 valence electrons. The van der Waals surface area contributed by atoms with Crippen molar-refractivity contribution in [1.29, 1.82) is 0 Å². The summed E-state index contributed by atoms with van der Waals surface area (Å²) in [4.78, 5) is 11.6. The highest BCUT2D eigenvalue weighted by molar-refractivity contribution is 5.70. The average molecular weight is 241 g/mol. The quantitative estimate of drug-likeness (QED) is 0.753. The summed E-state index contributed by atoms with van der Waals surface area (Å²) in [7, 11) is 1.47. The molecule has 3 heteroatoms.